The minimum absolute atomic E-state index is 0.838. The molecule has 0 aliphatic heterocycles. The van der Waals surface area contributed by atoms with Crippen LogP contribution in [0, 0.1) is 0 Å². The molecule has 0 fully saturated rings. The van der Waals surface area contributed by atoms with E-state index in [1.807, 2.05) is 26.1 Å². The molecule has 0 atom stereocenters. The van der Waals surface area contributed by atoms with Crippen LogP contribution in [0.2, 0.25) is 0 Å². The first-order chi connectivity index (χ1) is 4.35. The summed E-state index contributed by atoms with van der Waals surface area (Å²) in [6.07, 6.45) is 5.60. The molecule has 9 heavy (non-hydrogen) atoms. The molecular weight excluding hydrogens is 110 g/mol. The van der Waals surface area contributed by atoms with Crippen molar-refractivity contribution >= 4 is 6.21 Å². The van der Waals surface area contributed by atoms with E-state index in [0.29, 0.717) is 0 Å². The summed E-state index contributed by atoms with van der Waals surface area (Å²) in [4.78, 5) is 4.05. The van der Waals surface area contributed by atoms with E-state index in [9.17, 15) is 0 Å². The van der Waals surface area contributed by atoms with Crippen LogP contribution in [0.3, 0.4) is 0 Å². The predicted molar refractivity (Wildman–Crippen MR) is 43.0 cm³/mol. The molecular formula is C8H13N. The van der Waals surface area contributed by atoms with Gasteiger partial charge in [-0.3, -0.25) is 4.99 Å². The Kier molecular flexibility index (Phi) is 4.79. The molecule has 0 bridgehead atoms. The van der Waals surface area contributed by atoms with Crippen LogP contribution in [0.25, 0.3) is 0 Å². The molecule has 50 valence electrons. The van der Waals surface area contributed by atoms with Crippen LogP contribution in [-0.4, -0.2) is 12.8 Å². The van der Waals surface area contributed by atoms with Gasteiger partial charge in [-0.05, 0) is 19.4 Å². The first kappa shape index (κ1) is 8.15. The second kappa shape index (κ2) is 5.29. The molecule has 0 amide bonds. The van der Waals surface area contributed by atoms with Crippen molar-refractivity contribution in [2.45, 2.75) is 13.8 Å². The van der Waals surface area contributed by atoms with Crippen LogP contribution >= 0.6 is 0 Å². The molecule has 0 radical (unpaired) electrons. The number of allylic oxidation sites excluding steroid dienone is 3. The lowest BCUT2D eigenvalue weighted by Gasteiger charge is -1.86. The van der Waals surface area contributed by atoms with Crippen LogP contribution in [0.1, 0.15) is 13.8 Å². The van der Waals surface area contributed by atoms with Gasteiger partial charge in [0.15, 0.2) is 0 Å². The number of rotatable bonds is 3. The standard InChI is InChI=1S/C8H13N/c1-4-8(5-2)7-9-6-3/h4-5,7H,1,6H2,2-3H3/b8-5+,9-7?. The first-order valence-electron chi connectivity index (χ1n) is 3.13. The molecule has 0 aliphatic carbocycles. The highest BCUT2D eigenvalue weighted by Gasteiger charge is 1.77. The third-order valence-corrected chi connectivity index (χ3v) is 0.992. The van der Waals surface area contributed by atoms with Crippen molar-refractivity contribution < 1.29 is 0 Å². The Bertz CT molecular complexity index is 132. The molecule has 0 spiro atoms. The fraction of sp³-hybridized carbons (Fsp3) is 0.375. The van der Waals surface area contributed by atoms with E-state index in [1.165, 1.54) is 0 Å². The van der Waals surface area contributed by atoms with Crippen molar-refractivity contribution in [3.05, 3.63) is 24.3 Å². The Labute approximate surface area is 56.8 Å². The van der Waals surface area contributed by atoms with Gasteiger partial charge < -0.3 is 0 Å². The van der Waals surface area contributed by atoms with Crippen molar-refractivity contribution in [3.8, 4) is 0 Å². The Morgan fingerprint density at radius 3 is 2.67 bits per heavy atom. The average Bonchev–Trinajstić information content (AvgIpc) is 1.91. The Hall–Kier alpha value is -0.850. The first-order valence-corrected chi connectivity index (χ1v) is 3.13. The Balaban J connectivity index is 3.84. The summed E-state index contributed by atoms with van der Waals surface area (Å²) < 4.78 is 0. The van der Waals surface area contributed by atoms with Crippen molar-refractivity contribution in [2.75, 3.05) is 6.54 Å². The van der Waals surface area contributed by atoms with Gasteiger partial charge in [0, 0.05) is 12.8 Å². The minimum Gasteiger partial charge on any atom is -0.293 e. The van der Waals surface area contributed by atoms with Gasteiger partial charge in [0.1, 0.15) is 0 Å². The van der Waals surface area contributed by atoms with Crippen LogP contribution in [-0.2, 0) is 0 Å². The fourth-order valence-electron chi connectivity index (χ4n) is 0.442. The van der Waals surface area contributed by atoms with Gasteiger partial charge in [0.2, 0.25) is 0 Å². The molecule has 1 heteroatoms. The van der Waals surface area contributed by atoms with Crippen molar-refractivity contribution in [1.82, 2.24) is 0 Å². The predicted octanol–water partition coefficient (Wildman–Crippen LogP) is 2.21. The van der Waals surface area contributed by atoms with Gasteiger partial charge in [-0.25, -0.2) is 0 Å². The highest BCUT2D eigenvalue weighted by Crippen LogP contribution is 1.89. The molecule has 0 saturated heterocycles. The molecule has 0 aromatic carbocycles. The zero-order chi connectivity index (χ0) is 7.11. The highest BCUT2D eigenvalue weighted by atomic mass is 14.7. The van der Waals surface area contributed by atoms with E-state index in [-0.39, 0.29) is 0 Å². The summed E-state index contributed by atoms with van der Waals surface area (Å²) in [5, 5.41) is 0. The normalized spacial score (nSPS) is 12.4. The zero-order valence-electron chi connectivity index (χ0n) is 6.09. The van der Waals surface area contributed by atoms with E-state index >= 15 is 0 Å². The monoisotopic (exact) mass is 123 g/mol. The van der Waals surface area contributed by atoms with Crippen LogP contribution in [0.4, 0.5) is 0 Å². The lowest BCUT2D eigenvalue weighted by molar-refractivity contribution is 1.14. The zero-order valence-corrected chi connectivity index (χ0v) is 6.09. The fourth-order valence-corrected chi connectivity index (χ4v) is 0.442. The number of nitrogens with zero attached hydrogens (tertiary/aromatic N) is 1. The Morgan fingerprint density at radius 2 is 2.33 bits per heavy atom. The van der Waals surface area contributed by atoms with Gasteiger partial charge in [-0.1, -0.05) is 18.7 Å². The molecule has 0 saturated carbocycles. The van der Waals surface area contributed by atoms with Gasteiger partial charge in [0.05, 0.1) is 0 Å². The van der Waals surface area contributed by atoms with Gasteiger partial charge in [-0.2, -0.15) is 0 Å². The maximum Gasteiger partial charge on any atom is 0.0361 e. The van der Waals surface area contributed by atoms with Crippen LogP contribution in [0.5, 0.6) is 0 Å². The summed E-state index contributed by atoms with van der Waals surface area (Å²) in [6.45, 7) is 8.44. The van der Waals surface area contributed by atoms with Gasteiger partial charge in [0.25, 0.3) is 0 Å². The number of aliphatic imine (C=N–C) groups is 1. The molecule has 0 aromatic heterocycles. The van der Waals surface area contributed by atoms with Crippen LogP contribution < -0.4 is 0 Å². The SMILES string of the molecule is C=C/C(C=NCC)=C\C. The second-order valence-corrected chi connectivity index (χ2v) is 1.62. The average molecular weight is 123 g/mol. The molecule has 0 aliphatic rings. The number of hydrogen-bond donors (Lipinski definition) is 0. The largest absolute Gasteiger partial charge is 0.293 e. The summed E-state index contributed by atoms with van der Waals surface area (Å²) in [6, 6.07) is 0. The summed E-state index contributed by atoms with van der Waals surface area (Å²) in [5.74, 6) is 0. The van der Waals surface area contributed by atoms with Gasteiger partial charge >= 0.3 is 0 Å². The molecule has 0 N–H and O–H groups in total. The molecule has 0 aromatic rings. The maximum atomic E-state index is 4.05. The van der Waals surface area contributed by atoms with Gasteiger partial charge in [-0.15, -0.1) is 0 Å². The second-order valence-electron chi connectivity index (χ2n) is 1.62. The third-order valence-electron chi connectivity index (χ3n) is 0.992. The van der Waals surface area contributed by atoms with E-state index < -0.39 is 0 Å². The smallest absolute Gasteiger partial charge is 0.0361 e. The van der Waals surface area contributed by atoms with E-state index in [0.717, 1.165) is 12.1 Å². The summed E-state index contributed by atoms with van der Waals surface area (Å²) in [7, 11) is 0. The summed E-state index contributed by atoms with van der Waals surface area (Å²) >= 11 is 0. The lowest BCUT2D eigenvalue weighted by Crippen LogP contribution is -1.78. The molecule has 0 rings (SSSR count). The minimum atomic E-state index is 0.838. The molecule has 0 heterocycles. The highest BCUT2D eigenvalue weighted by molar-refractivity contribution is 5.81. The van der Waals surface area contributed by atoms with E-state index in [1.54, 1.807) is 6.08 Å². The lowest BCUT2D eigenvalue weighted by atomic mass is 10.3. The topological polar surface area (TPSA) is 12.4 Å². The number of hydrogen-bond acceptors (Lipinski definition) is 1. The van der Waals surface area contributed by atoms with E-state index in [2.05, 4.69) is 11.6 Å². The van der Waals surface area contributed by atoms with Crippen molar-refractivity contribution in [1.29, 1.82) is 0 Å². The third kappa shape index (κ3) is 3.71. The molecule has 1 nitrogen and oxygen atoms in total. The maximum absolute atomic E-state index is 4.05. The Morgan fingerprint density at radius 1 is 1.67 bits per heavy atom. The van der Waals surface area contributed by atoms with Crippen LogP contribution in [0.15, 0.2) is 29.3 Å². The quantitative estimate of drug-likeness (QED) is 0.403. The van der Waals surface area contributed by atoms with E-state index in [4.69, 9.17) is 0 Å². The van der Waals surface area contributed by atoms with Crippen molar-refractivity contribution in [3.63, 3.8) is 0 Å². The summed E-state index contributed by atoms with van der Waals surface area (Å²) in [5.41, 5.74) is 1.08. The van der Waals surface area contributed by atoms with Crippen molar-refractivity contribution in [2.24, 2.45) is 4.99 Å². The molecule has 0 unspecified atom stereocenters.